The van der Waals surface area contributed by atoms with Crippen molar-refractivity contribution in [2.75, 3.05) is 16.6 Å². The summed E-state index contributed by atoms with van der Waals surface area (Å²) in [5.74, 6) is 0.179. The average Bonchev–Trinajstić information content (AvgIpc) is 2.82. The van der Waals surface area contributed by atoms with E-state index in [4.69, 9.17) is 4.74 Å². The lowest BCUT2D eigenvalue weighted by molar-refractivity contribution is 0.102. The number of sulfonamides is 1. The van der Waals surface area contributed by atoms with E-state index in [-0.39, 0.29) is 10.8 Å². The summed E-state index contributed by atoms with van der Waals surface area (Å²) in [5.41, 5.74) is 3.14. The fourth-order valence-electron chi connectivity index (χ4n) is 3.60. The van der Waals surface area contributed by atoms with Crippen LogP contribution in [0, 0.1) is 13.8 Å². The van der Waals surface area contributed by atoms with Gasteiger partial charge in [-0.05, 0) is 73.9 Å². The van der Waals surface area contributed by atoms with Crippen molar-refractivity contribution in [1.29, 1.82) is 0 Å². The lowest BCUT2D eigenvalue weighted by atomic mass is 10.1. The second-order valence-corrected chi connectivity index (χ2v) is 11.0. The number of anilines is 2. The van der Waals surface area contributed by atoms with Gasteiger partial charge < -0.3 is 10.1 Å². The van der Waals surface area contributed by atoms with Crippen molar-refractivity contribution >= 4 is 43.2 Å². The Balaban J connectivity index is 1.71. The van der Waals surface area contributed by atoms with Crippen LogP contribution in [0.5, 0.6) is 5.75 Å². The number of hydrogen-bond acceptors (Lipinski definition) is 4. The maximum Gasteiger partial charge on any atom is 0.261 e. The zero-order valence-corrected chi connectivity index (χ0v) is 22.6. The summed E-state index contributed by atoms with van der Waals surface area (Å²) < 4.78 is 35.1. The molecular weight excluding hydrogens is 528 g/mol. The number of unbranched alkanes of at least 4 members (excludes halogenated alkanes) is 3. The molecule has 0 saturated carbocycles. The molecule has 0 fully saturated rings. The number of carbonyl (C=O) groups excluding carboxylic acids is 1. The van der Waals surface area contributed by atoms with E-state index in [0.717, 1.165) is 41.3 Å². The number of halogens is 1. The molecule has 0 spiro atoms. The Bertz CT molecular complexity index is 1250. The minimum Gasteiger partial charge on any atom is -0.493 e. The van der Waals surface area contributed by atoms with Gasteiger partial charge in [0, 0.05) is 10.2 Å². The van der Waals surface area contributed by atoms with Crippen LogP contribution < -0.4 is 14.8 Å². The van der Waals surface area contributed by atoms with Gasteiger partial charge in [-0.15, -0.1) is 0 Å². The molecule has 0 atom stereocenters. The minimum absolute atomic E-state index is 0.108. The van der Waals surface area contributed by atoms with Gasteiger partial charge in [-0.3, -0.25) is 9.52 Å². The van der Waals surface area contributed by atoms with Gasteiger partial charge in [-0.1, -0.05) is 60.3 Å². The predicted octanol–water partition coefficient (Wildman–Crippen LogP) is 7.08. The van der Waals surface area contributed by atoms with Crippen LogP contribution in [-0.4, -0.2) is 20.9 Å². The van der Waals surface area contributed by atoms with Gasteiger partial charge in [-0.2, -0.15) is 0 Å². The smallest absolute Gasteiger partial charge is 0.261 e. The van der Waals surface area contributed by atoms with Crippen LogP contribution in [0.3, 0.4) is 0 Å². The Morgan fingerprint density at radius 2 is 1.63 bits per heavy atom. The molecule has 0 saturated heterocycles. The third-order valence-corrected chi connectivity index (χ3v) is 7.44. The highest BCUT2D eigenvalue weighted by Gasteiger charge is 2.18. The maximum absolute atomic E-state index is 13.0. The standard InChI is InChI=1S/C27H31BrN2O4S/c1-4-5-6-7-17-34-25-16-11-21(28)18-24(25)27(31)29-22-12-14-23(15-13-22)35(32,33)30-26-19(2)9-8-10-20(26)3/h8-16,18,30H,4-7,17H2,1-3H3,(H,29,31). The molecule has 3 rings (SSSR count). The van der Waals surface area contributed by atoms with E-state index in [1.807, 2.05) is 38.1 Å². The molecule has 8 heteroatoms. The third-order valence-electron chi connectivity index (χ3n) is 5.58. The van der Waals surface area contributed by atoms with E-state index in [1.165, 1.54) is 12.1 Å². The summed E-state index contributed by atoms with van der Waals surface area (Å²) in [5, 5.41) is 2.83. The molecule has 6 nitrogen and oxygen atoms in total. The molecule has 35 heavy (non-hydrogen) atoms. The van der Waals surface area contributed by atoms with Gasteiger partial charge >= 0.3 is 0 Å². The molecule has 0 aromatic heterocycles. The maximum atomic E-state index is 13.0. The summed E-state index contributed by atoms with van der Waals surface area (Å²) in [7, 11) is -3.77. The van der Waals surface area contributed by atoms with Crippen molar-refractivity contribution in [3.8, 4) is 5.75 Å². The van der Waals surface area contributed by atoms with Crippen LogP contribution in [0.2, 0.25) is 0 Å². The van der Waals surface area contributed by atoms with Gasteiger partial charge in [0.1, 0.15) is 5.75 Å². The molecule has 0 unspecified atom stereocenters. The summed E-state index contributed by atoms with van der Waals surface area (Å²) in [6, 6.07) is 17.0. The molecular formula is C27H31BrN2O4S. The second kappa shape index (κ2) is 12.2. The molecule has 0 radical (unpaired) electrons. The van der Waals surface area contributed by atoms with Crippen molar-refractivity contribution < 1.29 is 17.9 Å². The number of carbonyl (C=O) groups is 1. The number of rotatable bonds is 11. The Morgan fingerprint density at radius 1 is 0.943 bits per heavy atom. The Labute approximate surface area is 216 Å². The molecule has 3 aromatic rings. The number of para-hydroxylation sites is 1. The lowest BCUT2D eigenvalue weighted by Gasteiger charge is -2.14. The lowest BCUT2D eigenvalue weighted by Crippen LogP contribution is -2.16. The Morgan fingerprint density at radius 3 is 2.29 bits per heavy atom. The fraction of sp³-hybridized carbons (Fsp3) is 0.296. The van der Waals surface area contributed by atoms with Crippen molar-refractivity contribution in [2.24, 2.45) is 0 Å². The van der Waals surface area contributed by atoms with E-state index in [1.54, 1.807) is 24.3 Å². The highest BCUT2D eigenvalue weighted by atomic mass is 79.9. The van der Waals surface area contributed by atoms with Gasteiger partial charge in [0.25, 0.3) is 15.9 Å². The van der Waals surface area contributed by atoms with E-state index in [0.29, 0.717) is 29.3 Å². The first-order valence-corrected chi connectivity index (χ1v) is 13.9. The van der Waals surface area contributed by atoms with Gasteiger partial charge in [0.15, 0.2) is 0 Å². The van der Waals surface area contributed by atoms with Crippen LogP contribution in [0.1, 0.15) is 54.1 Å². The second-order valence-electron chi connectivity index (χ2n) is 8.40. The molecule has 3 aromatic carbocycles. The first-order valence-electron chi connectivity index (χ1n) is 11.6. The summed E-state index contributed by atoms with van der Waals surface area (Å²) in [4.78, 5) is 13.1. The van der Waals surface area contributed by atoms with E-state index < -0.39 is 10.0 Å². The van der Waals surface area contributed by atoms with Gasteiger partial charge in [-0.25, -0.2) is 8.42 Å². The normalized spacial score (nSPS) is 11.2. The summed E-state index contributed by atoms with van der Waals surface area (Å²) in [6.07, 6.45) is 4.31. The molecule has 0 aliphatic heterocycles. The molecule has 0 aliphatic carbocycles. The van der Waals surface area contributed by atoms with Crippen LogP contribution in [-0.2, 0) is 10.0 Å². The monoisotopic (exact) mass is 558 g/mol. The highest BCUT2D eigenvalue weighted by Crippen LogP contribution is 2.26. The quantitative estimate of drug-likeness (QED) is 0.246. The third kappa shape index (κ3) is 7.32. The number of nitrogens with one attached hydrogen (secondary N) is 2. The fourth-order valence-corrected chi connectivity index (χ4v) is 5.17. The molecule has 0 bridgehead atoms. The topological polar surface area (TPSA) is 84.5 Å². The van der Waals surface area contributed by atoms with Gasteiger partial charge in [0.05, 0.1) is 22.8 Å². The minimum atomic E-state index is -3.77. The first-order chi connectivity index (χ1) is 16.7. The molecule has 0 aliphatic rings. The van der Waals surface area contributed by atoms with E-state index in [2.05, 4.69) is 32.9 Å². The zero-order valence-electron chi connectivity index (χ0n) is 20.2. The van der Waals surface area contributed by atoms with Crippen LogP contribution in [0.25, 0.3) is 0 Å². The van der Waals surface area contributed by atoms with E-state index >= 15 is 0 Å². The zero-order chi connectivity index (χ0) is 25.4. The Kier molecular flexibility index (Phi) is 9.34. The largest absolute Gasteiger partial charge is 0.493 e. The summed E-state index contributed by atoms with van der Waals surface area (Å²) >= 11 is 3.41. The number of ether oxygens (including phenoxy) is 1. The van der Waals surface area contributed by atoms with Crippen molar-refractivity contribution in [3.63, 3.8) is 0 Å². The SMILES string of the molecule is CCCCCCOc1ccc(Br)cc1C(=O)Nc1ccc(S(=O)(=O)Nc2c(C)cccc2C)cc1. The van der Waals surface area contributed by atoms with Crippen molar-refractivity contribution in [2.45, 2.75) is 51.3 Å². The number of aryl methyl sites for hydroxylation is 2. The molecule has 2 N–H and O–H groups in total. The van der Waals surface area contributed by atoms with Gasteiger partial charge in [0.2, 0.25) is 0 Å². The van der Waals surface area contributed by atoms with Crippen LogP contribution >= 0.6 is 15.9 Å². The molecule has 0 heterocycles. The number of amides is 1. The van der Waals surface area contributed by atoms with E-state index in [9.17, 15) is 13.2 Å². The van der Waals surface area contributed by atoms with Crippen molar-refractivity contribution in [1.82, 2.24) is 0 Å². The average molecular weight is 560 g/mol. The Hall–Kier alpha value is -2.84. The molecule has 186 valence electrons. The molecule has 1 amide bonds. The highest BCUT2D eigenvalue weighted by molar-refractivity contribution is 9.10. The number of hydrogen-bond donors (Lipinski definition) is 2. The van der Waals surface area contributed by atoms with Crippen molar-refractivity contribution in [3.05, 3.63) is 81.8 Å². The van der Waals surface area contributed by atoms with Crippen LogP contribution in [0.4, 0.5) is 11.4 Å². The summed E-state index contributed by atoms with van der Waals surface area (Å²) in [6.45, 7) is 6.41. The first kappa shape index (κ1) is 26.8. The predicted molar refractivity (Wildman–Crippen MR) is 145 cm³/mol. The number of benzene rings is 3. The van der Waals surface area contributed by atoms with Crippen LogP contribution in [0.15, 0.2) is 70.0 Å².